The molecule has 0 aromatic heterocycles. The van der Waals surface area contributed by atoms with E-state index in [0.29, 0.717) is 6.42 Å². The maximum Gasteiger partial charge on any atom is 0.332 e. The molecule has 4 nitrogen and oxygen atoms in total. The van der Waals surface area contributed by atoms with Crippen LogP contribution in [0.5, 0.6) is 0 Å². The van der Waals surface area contributed by atoms with Gasteiger partial charge in [0.05, 0.1) is 0 Å². The maximum atomic E-state index is 11.2. The van der Waals surface area contributed by atoms with Gasteiger partial charge in [-0.05, 0) is 18.8 Å². The van der Waals surface area contributed by atoms with E-state index in [2.05, 4.69) is 6.92 Å². The minimum absolute atomic E-state index is 0.0449. The third kappa shape index (κ3) is 7.31. The Balaban J connectivity index is 4.39. The summed E-state index contributed by atoms with van der Waals surface area (Å²) in [5.41, 5.74) is 0.115. The van der Waals surface area contributed by atoms with E-state index < -0.39 is 11.9 Å². The Kier molecular flexibility index (Phi) is 9.77. The van der Waals surface area contributed by atoms with Gasteiger partial charge >= 0.3 is 11.9 Å². The van der Waals surface area contributed by atoms with Gasteiger partial charge in [-0.2, -0.15) is 0 Å². The normalized spacial score (nSPS) is 12.4. The number of carboxylic acid groups (broad SMARTS) is 2. The fraction of sp³-hybridized carbons (Fsp3) is 0.750. The Morgan fingerprint density at radius 1 is 0.850 bits per heavy atom. The zero-order valence-corrected chi connectivity index (χ0v) is 12.9. The van der Waals surface area contributed by atoms with Gasteiger partial charge in [0, 0.05) is 11.1 Å². The van der Waals surface area contributed by atoms with Crippen molar-refractivity contribution in [1.29, 1.82) is 0 Å². The summed E-state index contributed by atoms with van der Waals surface area (Å²) < 4.78 is 0. The first-order chi connectivity index (χ1) is 9.41. The smallest absolute Gasteiger partial charge is 0.332 e. The molecule has 0 spiro atoms. The second kappa shape index (κ2) is 10.5. The van der Waals surface area contributed by atoms with E-state index in [1.807, 2.05) is 0 Å². The van der Waals surface area contributed by atoms with Crippen LogP contribution in [-0.4, -0.2) is 22.2 Å². The lowest BCUT2D eigenvalue weighted by molar-refractivity contribution is -0.136. The van der Waals surface area contributed by atoms with E-state index >= 15 is 0 Å². The second-order valence-electron chi connectivity index (χ2n) is 5.53. The highest BCUT2D eigenvalue weighted by Gasteiger charge is 2.22. The molecule has 0 atom stereocenters. The average molecular weight is 284 g/mol. The van der Waals surface area contributed by atoms with Gasteiger partial charge in [-0.25, -0.2) is 9.59 Å². The Labute approximate surface area is 121 Å². The highest BCUT2D eigenvalue weighted by molar-refractivity contribution is 5.99. The van der Waals surface area contributed by atoms with Gasteiger partial charge in [-0.1, -0.05) is 59.3 Å². The van der Waals surface area contributed by atoms with Gasteiger partial charge in [-0.15, -0.1) is 0 Å². The van der Waals surface area contributed by atoms with Crippen LogP contribution < -0.4 is 0 Å². The summed E-state index contributed by atoms with van der Waals surface area (Å²) in [7, 11) is 0. The van der Waals surface area contributed by atoms with Crippen LogP contribution in [0.4, 0.5) is 0 Å². The van der Waals surface area contributed by atoms with Crippen molar-refractivity contribution in [3.05, 3.63) is 11.1 Å². The van der Waals surface area contributed by atoms with Crippen LogP contribution in [0.2, 0.25) is 0 Å². The summed E-state index contributed by atoms with van der Waals surface area (Å²) >= 11 is 0. The van der Waals surface area contributed by atoms with Gasteiger partial charge in [0.25, 0.3) is 0 Å². The van der Waals surface area contributed by atoms with Crippen LogP contribution >= 0.6 is 0 Å². The molecule has 0 saturated carbocycles. The monoisotopic (exact) mass is 284 g/mol. The summed E-state index contributed by atoms with van der Waals surface area (Å²) in [5.74, 6) is -2.48. The molecule has 0 saturated heterocycles. The van der Waals surface area contributed by atoms with Crippen LogP contribution in [0.15, 0.2) is 11.1 Å². The van der Waals surface area contributed by atoms with Gasteiger partial charge < -0.3 is 10.2 Å². The maximum absolute atomic E-state index is 11.2. The molecule has 0 aliphatic rings. The summed E-state index contributed by atoms with van der Waals surface area (Å²) in [4.78, 5) is 22.4. The number of rotatable bonds is 11. The molecule has 0 heterocycles. The average Bonchev–Trinajstić information content (AvgIpc) is 2.34. The van der Waals surface area contributed by atoms with Gasteiger partial charge in [0.2, 0.25) is 0 Å². The van der Waals surface area contributed by atoms with Crippen LogP contribution in [0.3, 0.4) is 0 Å². The van der Waals surface area contributed by atoms with Crippen molar-refractivity contribution in [2.45, 2.75) is 72.1 Å². The second-order valence-corrected chi connectivity index (χ2v) is 5.53. The van der Waals surface area contributed by atoms with Crippen molar-refractivity contribution in [2.24, 2.45) is 5.92 Å². The van der Waals surface area contributed by atoms with Crippen LogP contribution in [0.1, 0.15) is 72.1 Å². The molecule has 116 valence electrons. The third-order valence-electron chi connectivity index (χ3n) is 3.42. The number of hydrogen-bond acceptors (Lipinski definition) is 2. The topological polar surface area (TPSA) is 74.6 Å². The summed E-state index contributed by atoms with van der Waals surface area (Å²) in [6, 6.07) is 0. The quantitative estimate of drug-likeness (QED) is 0.439. The molecule has 0 aromatic carbocycles. The highest BCUT2D eigenvalue weighted by atomic mass is 16.4. The summed E-state index contributed by atoms with van der Waals surface area (Å²) in [5, 5.41) is 18.3. The molecule has 0 aliphatic heterocycles. The number of hydrogen-bond donors (Lipinski definition) is 2. The van der Waals surface area contributed by atoms with Crippen molar-refractivity contribution in [3.63, 3.8) is 0 Å². The van der Waals surface area contributed by atoms with Crippen molar-refractivity contribution in [1.82, 2.24) is 0 Å². The fourth-order valence-corrected chi connectivity index (χ4v) is 2.34. The molecule has 0 aromatic rings. The van der Waals surface area contributed by atoms with Crippen molar-refractivity contribution >= 4 is 11.9 Å². The van der Waals surface area contributed by atoms with E-state index in [1.54, 1.807) is 13.8 Å². The predicted molar refractivity (Wildman–Crippen MR) is 79.7 cm³/mol. The minimum Gasteiger partial charge on any atom is -0.478 e. The lowest BCUT2D eigenvalue weighted by Crippen LogP contribution is -2.15. The number of carbonyl (C=O) groups is 2. The molecule has 0 fully saturated rings. The SMILES string of the molecule is CCCCCCCCCC(C(=O)O)=C(C(=O)O)C(C)C. The Bertz CT molecular complexity index is 342. The standard InChI is InChI=1S/C16H28O4/c1-4-5-6-7-8-9-10-11-13(15(17)18)14(12(2)3)16(19)20/h12H,4-11H2,1-3H3,(H,17,18)(H,19,20). The summed E-state index contributed by atoms with van der Waals surface area (Å²) in [6.07, 6.45) is 8.02. The number of aliphatic carboxylic acids is 2. The molecule has 4 heteroatoms. The molecule has 0 amide bonds. The van der Waals surface area contributed by atoms with E-state index in [0.717, 1.165) is 19.3 Å². The Morgan fingerprint density at radius 3 is 1.75 bits per heavy atom. The first-order valence-corrected chi connectivity index (χ1v) is 7.61. The number of carboxylic acids is 2. The van der Waals surface area contributed by atoms with Gasteiger partial charge in [-0.3, -0.25) is 0 Å². The molecular weight excluding hydrogens is 256 g/mol. The predicted octanol–water partition coefficient (Wildman–Crippen LogP) is 4.25. The van der Waals surface area contributed by atoms with E-state index in [-0.39, 0.29) is 17.1 Å². The van der Waals surface area contributed by atoms with E-state index in [1.165, 1.54) is 25.7 Å². The van der Waals surface area contributed by atoms with Crippen LogP contribution in [0, 0.1) is 5.92 Å². The lowest BCUT2D eigenvalue weighted by Gasteiger charge is -2.12. The van der Waals surface area contributed by atoms with E-state index in [4.69, 9.17) is 5.11 Å². The van der Waals surface area contributed by atoms with Gasteiger partial charge in [0.15, 0.2) is 0 Å². The minimum atomic E-state index is -1.11. The Hall–Kier alpha value is -1.32. The first-order valence-electron chi connectivity index (χ1n) is 7.61. The van der Waals surface area contributed by atoms with E-state index in [9.17, 15) is 14.7 Å². The molecule has 20 heavy (non-hydrogen) atoms. The van der Waals surface area contributed by atoms with Crippen LogP contribution in [-0.2, 0) is 9.59 Å². The molecule has 0 rings (SSSR count). The lowest BCUT2D eigenvalue weighted by atomic mass is 9.93. The number of unbranched alkanes of at least 4 members (excludes halogenated alkanes) is 6. The largest absolute Gasteiger partial charge is 0.478 e. The fourth-order valence-electron chi connectivity index (χ4n) is 2.34. The Morgan fingerprint density at radius 2 is 1.35 bits per heavy atom. The highest BCUT2D eigenvalue weighted by Crippen LogP contribution is 2.21. The zero-order chi connectivity index (χ0) is 15.5. The zero-order valence-electron chi connectivity index (χ0n) is 12.9. The molecule has 0 aliphatic carbocycles. The molecular formula is C16H28O4. The van der Waals surface area contributed by atoms with Crippen molar-refractivity contribution in [2.75, 3.05) is 0 Å². The molecule has 0 unspecified atom stereocenters. The summed E-state index contributed by atoms with van der Waals surface area (Å²) in [6.45, 7) is 5.61. The molecule has 2 N–H and O–H groups in total. The third-order valence-corrected chi connectivity index (χ3v) is 3.42. The van der Waals surface area contributed by atoms with Crippen molar-refractivity contribution < 1.29 is 19.8 Å². The van der Waals surface area contributed by atoms with Crippen LogP contribution in [0.25, 0.3) is 0 Å². The molecule has 0 radical (unpaired) electrons. The molecule has 0 bridgehead atoms. The van der Waals surface area contributed by atoms with Crippen molar-refractivity contribution in [3.8, 4) is 0 Å². The van der Waals surface area contributed by atoms with Gasteiger partial charge in [0.1, 0.15) is 0 Å². The first kappa shape index (κ1) is 18.7.